The number of nitrogens with one attached hydrogen (secondary N) is 1. The normalized spacial score (nSPS) is 13.8. The van der Waals surface area contributed by atoms with Gasteiger partial charge in [-0.3, -0.25) is 0 Å². The van der Waals surface area contributed by atoms with Gasteiger partial charge in [0.05, 0.1) is 26.2 Å². The Balaban J connectivity index is 1.36. The van der Waals surface area contributed by atoms with Gasteiger partial charge in [-0.1, -0.05) is 0 Å². The highest BCUT2D eigenvalue weighted by atomic mass is 16.5. The summed E-state index contributed by atoms with van der Waals surface area (Å²) in [5, 5.41) is 11.5. The van der Waals surface area contributed by atoms with E-state index in [1.54, 1.807) is 43.6 Å². The SMILES string of the molecule is COc1ccc(OC)c(NC(=O)N2CCN(c3ccc(-c4ccco4)nn3)CC2)c1. The van der Waals surface area contributed by atoms with Crippen molar-refractivity contribution in [3.05, 3.63) is 48.7 Å². The number of ether oxygens (including phenoxy) is 2. The van der Waals surface area contributed by atoms with Crippen molar-refractivity contribution < 1.29 is 18.7 Å². The van der Waals surface area contributed by atoms with Gasteiger partial charge in [-0.2, -0.15) is 0 Å². The van der Waals surface area contributed by atoms with Gasteiger partial charge in [0.25, 0.3) is 0 Å². The van der Waals surface area contributed by atoms with E-state index >= 15 is 0 Å². The molecule has 3 heterocycles. The number of hydrogen-bond donors (Lipinski definition) is 1. The van der Waals surface area contributed by atoms with Gasteiger partial charge in [0, 0.05) is 32.2 Å². The van der Waals surface area contributed by atoms with Crippen LogP contribution in [0, 0.1) is 0 Å². The van der Waals surface area contributed by atoms with Crippen molar-refractivity contribution in [2.75, 3.05) is 50.6 Å². The molecular weight excluding hydrogens is 386 g/mol. The Labute approximate surface area is 174 Å². The molecule has 1 fully saturated rings. The summed E-state index contributed by atoms with van der Waals surface area (Å²) in [7, 11) is 3.14. The van der Waals surface area contributed by atoms with Crippen LogP contribution >= 0.6 is 0 Å². The summed E-state index contributed by atoms with van der Waals surface area (Å²) in [5.74, 6) is 2.69. The van der Waals surface area contributed by atoms with Crippen LogP contribution in [0.2, 0.25) is 0 Å². The topological polar surface area (TPSA) is 93.0 Å². The maximum absolute atomic E-state index is 12.7. The van der Waals surface area contributed by atoms with E-state index in [0.717, 1.165) is 5.82 Å². The number of nitrogens with zero attached hydrogens (tertiary/aromatic N) is 4. The predicted octanol–water partition coefficient (Wildman–Crippen LogP) is 3.11. The first-order chi connectivity index (χ1) is 14.7. The van der Waals surface area contributed by atoms with E-state index < -0.39 is 0 Å². The molecule has 0 atom stereocenters. The molecular formula is C21H23N5O4. The van der Waals surface area contributed by atoms with Crippen molar-refractivity contribution in [3.8, 4) is 23.0 Å². The van der Waals surface area contributed by atoms with Crippen LogP contribution in [0.25, 0.3) is 11.5 Å². The van der Waals surface area contributed by atoms with Crippen molar-refractivity contribution >= 4 is 17.5 Å². The van der Waals surface area contributed by atoms with Crippen LogP contribution in [0.1, 0.15) is 0 Å². The molecule has 0 bridgehead atoms. The zero-order valence-electron chi connectivity index (χ0n) is 16.9. The van der Waals surface area contributed by atoms with E-state index in [4.69, 9.17) is 13.9 Å². The molecule has 2 amide bonds. The van der Waals surface area contributed by atoms with Crippen LogP contribution in [0.3, 0.4) is 0 Å². The number of rotatable bonds is 5. The third-order valence-electron chi connectivity index (χ3n) is 4.96. The Kier molecular flexibility index (Phi) is 5.69. The number of anilines is 2. The van der Waals surface area contributed by atoms with Crippen LogP contribution in [-0.2, 0) is 0 Å². The van der Waals surface area contributed by atoms with Crippen molar-refractivity contribution in [1.82, 2.24) is 15.1 Å². The summed E-state index contributed by atoms with van der Waals surface area (Å²) in [6.07, 6.45) is 1.61. The molecule has 4 rings (SSSR count). The Hall–Kier alpha value is -3.75. The van der Waals surface area contributed by atoms with Crippen LogP contribution in [0.5, 0.6) is 11.5 Å². The first kappa shape index (κ1) is 19.6. The molecule has 9 nitrogen and oxygen atoms in total. The van der Waals surface area contributed by atoms with Gasteiger partial charge < -0.3 is 29.0 Å². The lowest BCUT2D eigenvalue weighted by Crippen LogP contribution is -2.50. The quantitative estimate of drug-likeness (QED) is 0.692. The van der Waals surface area contributed by atoms with E-state index in [9.17, 15) is 4.79 Å². The zero-order chi connectivity index (χ0) is 20.9. The van der Waals surface area contributed by atoms with Crippen molar-refractivity contribution in [3.63, 3.8) is 0 Å². The van der Waals surface area contributed by atoms with Crippen molar-refractivity contribution in [1.29, 1.82) is 0 Å². The summed E-state index contributed by atoms with van der Waals surface area (Å²) in [5.41, 5.74) is 1.26. The molecule has 30 heavy (non-hydrogen) atoms. The molecule has 1 aliphatic heterocycles. The number of furan rings is 1. The second-order valence-corrected chi connectivity index (χ2v) is 6.72. The minimum atomic E-state index is -0.180. The molecule has 1 aliphatic rings. The number of piperazine rings is 1. The zero-order valence-corrected chi connectivity index (χ0v) is 16.9. The van der Waals surface area contributed by atoms with Crippen molar-refractivity contribution in [2.45, 2.75) is 0 Å². The highest BCUT2D eigenvalue weighted by Gasteiger charge is 2.23. The van der Waals surface area contributed by atoms with Gasteiger partial charge >= 0.3 is 6.03 Å². The van der Waals surface area contributed by atoms with Gasteiger partial charge in [0.2, 0.25) is 0 Å². The Morgan fingerprint density at radius 1 is 1.03 bits per heavy atom. The molecule has 156 valence electrons. The fourth-order valence-electron chi connectivity index (χ4n) is 3.29. The Morgan fingerprint density at radius 3 is 2.50 bits per heavy atom. The van der Waals surface area contributed by atoms with Gasteiger partial charge in [-0.05, 0) is 36.4 Å². The Morgan fingerprint density at radius 2 is 1.87 bits per heavy atom. The largest absolute Gasteiger partial charge is 0.497 e. The average molecular weight is 409 g/mol. The molecule has 0 aliphatic carbocycles. The van der Waals surface area contributed by atoms with Crippen LogP contribution < -0.4 is 19.7 Å². The number of urea groups is 1. The molecule has 1 N–H and O–H groups in total. The minimum absolute atomic E-state index is 0.180. The fourth-order valence-corrected chi connectivity index (χ4v) is 3.29. The Bertz CT molecular complexity index is 983. The highest BCUT2D eigenvalue weighted by molar-refractivity contribution is 5.91. The maximum Gasteiger partial charge on any atom is 0.322 e. The predicted molar refractivity (Wildman–Crippen MR) is 112 cm³/mol. The van der Waals surface area contributed by atoms with Gasteiger partial charge in [0.1, 0.15) is 17.2 Å². The smallest absolute Gasteiger partial charge is 0.322 e. The molecule has 3 aromatic rings. The van der Waals surface area contributed by atoms with Gasteiger partial charge in [0.15, 0.2) is 11.6 Å². The summed E-state index contributed by atoms with van der Waals surface area (Å²) in [6.45, 7) is 2.47. The third-order valence-corrected chi connectivity index (χ3v) is 4.96. The first-order valence-corrected chi connectivity index (χ1v) is 9.58. The number of hydrogen-bond acceptors (Lipinski definition) is 7. The second kappa shape index (κ2) is 8.73. The van der Waals surface area contributed by atoms with Crippen LogP contribution in [0.4, 0.5) is 16.3 Å². The molecule has 2 aromatic heterocycles. The van der Waals surface area contributed by atoms with E-state index in [2.05, 4.69) is 20.4 Å². The monoisotopic (exact) mass is 409 g/mol. The standard InChI is InChI=1S/C21H23N5O4/c1-28-15-5-7-18(29-2)17(14-15)22-21(27)26-11-9-25(10-12-26)20-8-6-16(23-24-20)19-4-3-13-30-19/h3-8,13-14H,9-12H2,1-2H3,(H,22,27). The highest BCUT2D eigenvalue weighted by Crippen LogP contribution is 2.29. The number of carbonyl (C=O) groups excluding carboxylic acids is 1. The van der Waals surface area contributed by atoms with Crippen LogP contribution in [-0.4, -0.2) is 61.5 Å². The average Bonchev–Trinajstić information content (AvgIpc) is 3.34. The van der Waals surface area contributed by atoms with Gasteiger partial charge in [-0.15, -0.1) is 10.2 Å². The molecule has 1 saturated heterocycles. The van der Waals surface area contributed by atoms with E-state index in [-0.39, 0.29) is 6.03 Å². The summed E-state index contributed by atoms with van der Waals surface area (Å²) in [4.78, 5) is 16.6. The molecule has 9 heteroatoms. The lowest BCUT2D eigenvalue weighted by molar-refractivity contribution is 0.208. The maximum atomic E-state index is 12.7. The second-order valence-electron chi connectivity index (χ2n) is 6.72. The van der Waals surface area contributed by atoms with E-state index in [1.807, 2.05) is 24.3 Å². The molecule has 0 unspecified atom stereocenters. The number of benzene rings is 1. The molecule has 0 saturated carbocycles. The number of carbonyl (C=O) groups is 1. The van der Waals surface area contributed by atoms with Crippen LogP contribution in [0.15, 0.2) is 53.1 Å². The lowest BCUT2D eigenvalue weighted by Gasteiger charge is -2.35. The molecule has 1 aromatic carbocycles. The number of amides is 2. The minimum Gasteiger partial charge on any atom is -0.497 e. The third kappa shape index (κ3) is 4.14. The first-order valence-electron chi connectivity index (χ1n) is 9.58. The lowest BCUT2D eigenvalue weighted by atomic mass is 10.2. The van der Waals surface area contributed by atoms with E-state index in [1.165, 1.54) is 0 Å². The van der Waals surface area contributed by atoms with E-state index in [0.29, 0.717) is 54.8 Å². The summed E-state index contributed by atoms with van der Waals surface area (Å²) >= 11 is 0. The molecule has 0 radical (unpaired) electrons. The fraction of sp³-hybridized carbons (Fsp3) is 0.286. The van der Waals surface area contributed by atoms with Gasteiger partial charge in [-0.25, -0.2) is 4.79 Å². The van der Waals surface area contributed by atoms with Crippen molar-refractivity contribution in [2.24, 2.45) is 0 Å². The number of methoxy groups -OCH3 is 2. The molecule has 0 spiro atoms. The summed E-state index contributed by atoms with van der Waals surface area (Å²) in [6, 6.07) is 12.6. The summed E-state index contributed by atoms with van der Waals surface area (Å²) < 4.78 is 15.9. The number of aromatic nitrogens is 2.